The molecule has 112 valence electrons. The molecule has 0 bridgehead atoms. The van der Waals surface area contributed by atoms with E-state index in [0.29, 0.717) is 0 Å². The molecule has 6 heteroatoms. The molecule has 1 aliphatic rings. The first-order chi connectivity index (χ1) is 9.60. The maximum atomic E-state index is 4.35. The third kappa shape index (κ3) is 3.99. The number of aromatic nitrogens is 1. The van der Waals surface area contributed by atoms with Crippen molar-refractivity contribution in [2.75, 3.05) is 40.3 Å². The SMILES string of the molecule is CN=C(NCCN1CCC1)N(C)Cc1cc(Br)cn1C. The van der Waals surface area contributed by atoms with E-state index in [9.17, 15) is 0 Å². The van der Waals surface area contributed by atoms with E-state index >= 15 is 0 Å². The molecular weight excluding hydrogens is 318 g/mol. The van der Waals surface area contributed by atoms with Crippen molar-refractivity contribution < 1.29 is 0 Å². The highest BCUT2D eigenvalue weighted by molar-refractivity contribution is 9.10. The van der Waals surface area contributed by atoms with Crippen molar-refractivity contribution in [3.05, 3.63) is 22.4 Å². The maximum Gasteiger partial charge on any atom is 0.193 e. The molecule has 20 heavy (non-hydrogen) atoms. The highest BCUT2D eigenvalue weighted by atomic mass is 79.9. The molecule has 1 aromatic heterocycles. The number of guanidine groups is 1. The van der Waals surface area contributed by atoms with Gasteiger partial charge in [0, 0.05) is 50.6 Å². The highest BCUT2D eigenvalue weighted by Gasteiger charge is 2.14. The summed E-state index contributed by atoms with van der Waals surface area (Å²) in [6.07, 6.45) is 3.42. The molecule has 0 radical (unpaired) electrons. The van der Waals surface area contributed by atoms with Gasteiger partial charge >= 0.3 is 0 Å². The summed E-state index contributed by atoms with van der Waals surface area (Å²) in [5.74, 6) is 0.947. The number of aryl methyl sites for hydroxylation is 1. The molecule has 2 rings (SSSR count). The van der Waals surface area contributed by atoms with Gasteiger partial charge in [-0.15, -0.1) is 0 Å². The molecule has 1 fully saturated rings. The predicted molar refractivity (Wildman–Crippen MR) is 87.0 cm³/mol. The topological polar surface area (TPSA) is 35.8 Å². The van der Waals surface area contributed by atoms with E-state index in [0.717, 1.165) is 30.1 Å². The summed E-state index contributed by atoms with van der Waals surface area (Å²) >= 11 is 3.51. The predicted octanol–water partition coefficient (Wildman–Crippen LogP) is 1.50. The first kappa shape index (κ1) is 15.4. The van der Waals surface area contributed by atoms with Crippen molar-refractivity contribution in [2.45, 2.75) is 13.0 Å². The Kier molecular flexibility index (Phi) is 5.48. The van der Waals surface area contributed by atoms with Crippen LogP contribution in [0.2, 0.25) is 0 Å². The van der Waals surface area contributed by atoms with Gasteiger partial charge in [-0.2, -0.15) is 0 Å². The zero-order valence-electron chi connectivity index (χ0n) is 12.6. The van der Waals surface area contributed by atoms with E-state index in [2.05, 4.69) is 67.0 Å². The average molecular weight is 342 g/mol. The van der Waals surface area contributed by atoms with Crippen LogP contribution in [0.25, 0.3) is 0 Å². The van der Waals surface area contributed by atoms with Gasteiger partial charge in [-0.05, 0) is 41.5 Å². The largest absolute Gasteiger partial charge is 0.355 e. The van der Waals surface area contributed by atoms with Crippen molar-refractivity contribution in [3.8, 4) is 0 Å². The summed E-state index contributed by atoms with van der Waals surface area (Å²) < 4.78 is 3.25. The van der Waals surface area contributed by atoms with Crippen LogP contribution in [0.5, 0.6) is 0 Å². The Morgan fingerprint density at radius 3 is 2.75 bits per heavy atom. The van der Waals surface area contributed by atoms with E-state index in [-0.39, 0.29) is 0 Å². The summed E-state index contributed by atoms with van der Waals surface area (Å²) in [5.41, 5.74) is 1.25. The van der Waals surface area contributed by atoms with Crippen LogP contribution in [0.4, 0.5) is 0 Å². The number of aliphatic imine (C=N–C) groups is 1. The molecular formula is C14H24BrN5. The van der Waals surface area contributed by atoms with Crippen molar-refractivity contribution >= 4 is 21.9 Å². The molecule has 0 aromatic carbocycles. The van der Waals surface area contributed by atoms with Crippen molar-refractivity contribution in [1.29, 1.82) is 0 Å². The summed E-state index contributed by atoms with van der Waals surface area (Å²) in [4.78, 5) is 8.96. The van der Waals surface area contributed by atoms with Gasteiger partial charge in [0.05, 0.1) is 6.54 Å². The van der Waals surface area contributed by atoms with Crippen LogP contribution >= 0.6 is 15.9 Å². The lowest BCUT2D eigenvalue weighted by Crippen LogP contribution is -2.45. The van der Waals surface area contributed by atoms with Crippen molar-refractivity contribution in [2.24, 2.45) is 12.0 Å². The fraction of sp³-hybridized carbons (Fsp3) is 0.643. The molecule has 0 amide bonds. The van der Waals surface area contributed by atoms with Crippen molar-refractivity contribution in [1.82, 2.24) is 19.7 Å². The molecule has 2 heterocycles. The van der Waals surface area contributed by atoms with Crippen LogP contribution in [-0.4, -0.2) is 60.6 Å². The lowest BCUT2D eigenvalue weighted by Gasteiger charge is -2.31. The fourth-order valence-electron chi connectivity index (χ4n) is 2.36. The smallest absolute Gasteiger partial charge is 0.193 e. The summed E-state index contributed by atoms with van der Waals surface area (Å²) in [5, 5.41) is 3.43. The molecule has 1 aromatic rings. The van der Waals surface area contributed by atoms with Gasteiger partial charge < -0.3 is 19.7 Å². The number of nitrogens with zero attached hydrogens (tertiary/aromatic N) is 4. The molecule has 0 unspecified atom stereocenters. The quantitative estimate of drug-likeness (QED) is 0.651. The Labute approximate surface area is 129 Å². The normalized spacial score (nSPS) is 16.1. The summed E-state index contributed by atoms with van der Waals surface area (Å²) in [6, 6.07) is 2.14. The molecule has 5 nitrogen and oxygen atoms in total. The van der Waals surface area contributed by atoms with E-state index in [4.69, 9.17) is 0 Å². The summed E-state index contributed by atoms with van der Waals surface area (Å²) in [7, 11) is 5.97. The molecule has 0 spiro atoms. The zero-order valence-corrected chi connectivity index (χ0v) is 14.2. The Hall–Kier alpha value is -1.01. The molecule has 1 N–H and O–H groups in total. The average Bonchev–Trinajstić information content (AvgIpc) is 2.65. The maximum absolute atomic E-state index is 4.35. The molecule has 0 atom stereocenters. The standard InChI is InChI=1S/C14H24BrN5/c1-16-14(17-5-8-20-6-4-7-20)19(3)11-13-9-12(15)10-18(13)2/h9-10H,4-8,11H2,1-3H3,(H,16,17). The Morgan fingerprint density at radius 1 is 1.50 bits per heavy atom. The minimum Gasteiger partial charge on any atom is -0.355 e. The van der Waals surface area contributed by atoms with Crippen molar-refractivity contribution in [3.63, 3.8) is 0 Å². The molecule has 0 aliphatic carbocycles. The van der Waals surface area contributed by atoms with E-state index in [1.165, 1.54) is 25.2 Å². The zero-order chi connectivity index (χ0) is 14.5. The molecule has 1 aliphatic heterocycles. The van der Waals surface area contributed by atoms with E-state index in [1.54, 1.807) is 0 Å². The van der Waals surface area contributed by atoms with Crippen LogP contribution in [0.3, 0.4) is 0 Å². The lowest BCUT2D eigenvalue weighted by atomic mass is 10.2. The van der Waals surface area contributed by atoms with Crippen LogP contribution in [0.15, 0.2) is 21.7 Å². The third-order valence-corrected chi connectivity index (χ3v) is 4.14. The Bertz CT molecular complexity index is 464. The van der Waals surface area contributed by atoms with Gasteiger partial charge in [-0.1, -0.05) is 0 Å². The van der Waals surface area contributed by atoms with Crippen LogP contribution in [-0.2, 0) is 13.6 Å². The van der Waals surface area contributed by atoms with Gasteiger partial charge in [-0.3, -0.25) is 4.99 Å². The molecule has 1 saturated heterocycles. The first-order valence-electron chi connectivity index (χ1n) is 7.05. The van der Waals surface area contributed by atoms with Crippen LogP contribution in [0.1, 0.15) is 12.1 Å². The second kappa shape index (κ2) is 7.13. The Balaban J connectivity index is 1.81. The van der Waals surface area contributed by atoms with Crippen LogP contribution in [0, 0.1) is 0 Å². The van der Waals surface area contributed by atoms with Crippen LogP contribution < -0.4 is 5.32 Å². The summed E-state index contributed by atoms with van der Waals surface area (Å²) in [6.45, 7) is 5.38. The van der Waals surface area contributed by atoms with E-state index in [1.807, 2.05) is 7.05 Å². The minimum atomic E-state index is 0.839. The number of hydrogen-bond acceptors (Lipinski definition) is 2. The number of likely N-dealkylation sites (tertiary alicyclic amines) is 1. The number of halogens is 1. The second-order valence-corrected chi connectivity index (χ2v) is 6.20. The number of hydrogen-bond donors (Lipinski definition) is 1. The Morgan fingerprint density at radius 2 is 2.25 bits per heavy atom. The number of nitrogens with one attached hydrogen (secondary N) is 1. The monoisotopic (exact) mass is 341 g/mol. The fourth-order valence-corrected chi connectivity index (χ4v) is 2.93. The van der Waals surface area contributed by atoms with E-state index < -0.39 is 0 Å². The minimum absolute atomic E-state index is 0.839. The lowest BCUT2D eigenvalue weighted by molar-refractivity contribution is 0.184. The third-order valence-electron chi connectivity index (χ3n) is 3.71. The second-order valence-electron chi connectivity index (χ2n) is 5.29. The molecule has 0 saturated carbocycles. The van der Waals surface area contributed by atoms with Gasteiger partial charge in [0.1, 0.15) is 0 Å². The first-order valence-corrected chi connectivity index (χ1v) is 7.84. The van der Waals surface area contributed by atoms with Gasteiger partial charge in [0.15, 0.2) is 5.96 Å². The van der Waals surface area contributed by atoms with Gasteiger partial charge in [0.2, 0.25) is 0 Å². The van der Waals surface area contributed by atoms with Gasteiger partial charge in [0.25, 0.3) is 0 Å². The highest BCUT2D eigenvalue weighted by Crippen LogP contribution is 2.14. The van der Waals surface area contributed by atoms with Gasteiger partial charge in [-0.25, -0.2) is 0 Å². The number of rotatable bonds is 5.